The normalized spacial score (nSPS) is 14.4. The summed E-state index contributed by atoms with van der Waals surface area (Å²) in [6.07, 6.45) is 5.26. The molecule has 0 atom stereocenters. The number of nitrogens with zero attached hydrogens (tertiary/aromatic N) is 5. The van der Waals surface area contributed by atoms with Gasteiger partial charge in [-0.3, -0.25) is 0 Å². The summed E-state index contributed by atoms with van der Waals surface area (Å²) in [6.45, 7) is 7.82. The van der Waals surface area contributed by atoms with Crippen LogP contribution in [0.1, 0.15) is 12.6 Å². The summed E-state index contributed by atoms with van der Waals surface area (Å²) in [4.78, 5) is 15.3. The van der Waals surface area contributed by atoms with Crippen LogP contribution < -0.4 is 20.3 Å². The second-order valence-corrected chi connectivity index (χ2v) is 7.55. The molecule has 8 nitrogen and oxygen atoms in total. The lowest BCUT2D eigenvalue weighted by molar-refractivity contribution is 0.342. The van der Waals surface area contributed by atoms with Gasteiger partial charge < -0.3 is 24.7 Å². The molecule has 0 radical (unpaired) electrons. The van der Waals surface area contributed by atoms with Gasteiger partial charge in [-0.15, -0.1) is 0 Å². The second kappa shape index (κ2) is 7.99. The zero-order chi connectivity index (χ0) is 21.4. The Morgan fingerprint density at radius 1 is 1.16 bits per heavy atom. The molecule has 1 saturated heterocycles. The van der Waals surface area contributed by atoms with Crippen molar-refractivity contribution in [3.8, 4) is 5.75 Å². The van der Waals surface area contributed by atoms with Crippen LogP contribution in [-0.4, -0.2) is 52.1 Å². The topological polar surface area (TPSA) is 79.6 Å². The fourth-order valence-electron chi connectivity index (χ4n) is 3.98. The van der Waals surface area contributed by atoms with Gasteiger partial charge in [0.15, 0.2) is 11.4 Å². The standard InChI is InChI=1S/C22H24FN7O/c1-3-31-19-8-15(12-30-11-14(2)27-22(19)30)28-21-20-17(23)9-16(10-18(20)25-13-26-21)29-6-4-24-5-7-29/h8-13,24H,3-7H2,1-2H3,(H,25,26,28). The zero-order valence-electron chi connectivity index (χ0n) is 17.5. The van der Waals surface area contributed by atoms with E-state index in [0.29, 0.717) is 29.1 Å². The number of hydrogen-bond acceptors (Lipinski definition) is 7. The molecule has 1 fully saturated rings. The van der Waals surface area contributed by atoms with Crippen LogP contribution in [0, 0.1) is 12.7 Å². The van der Waals surface area contributed by atoms with Gasteiger partial charge in [-0.05, 0) is 26.0 Å². The molecule has 1 aliphatic heterocycles. The van der Waals surface area contributed by atoms with E-state index in [1.54, 1.807) is 6.07 Å². The molecule has 1 aromatic carbocycles. The Morgan fingerprint density at radius 2 is 2.00 bits per heavy atom. The summed E-state index contributed by atoms with van der Waals surface area (Å²) in [7, 11) is 0. The lowest BCUT2D eigenvalue weighted by Gasteiger charge is -2.29. The van der Waals surface area contributed by atoms with E-state index in [1.807, 2.05) is 42.8 Å². The number of pyridine rings is 1. The van der Waals surface area contributed by atoms with Gasteiger partial charge in [-0.25, -0.2) is 19.3 Å². The van der Waals surface area contributed by atoms with Gasteiger partial charge >= 0.3 is 0 Å². The highest BCUT2D eigenvalue weighted by molar-refractivity contribution is 5.93. The molecule has 0 saturated carbocycles. The van der Waals surface area contributed by atoms with Gasteiger partial charge in [0.2, 0.25) is 0 Å². The molecule has 4 aromatic rings. The molecule has 0 spiro atoms. The van der Waals surface area contributed by atoms with E-state index in [-0.39, 0.29) is 5.82 Å². The van der Waals surface area contributed by atoms with E-state index in [0.717, 1.165) is 48.9 Å². The van der Waals surface area contributed by atoms with Crippen LogP contribution in [-0.2, 0) is 0 Å². The summed E-state index contributed by atoms with van der Waals surface area (Å²) in [5.41, 5.74) is 3.75. The highest BCUT2D eigenvalue weighted by Crippen LogP contribution is 2.31. The smallest absolute Gasteiger partial charge is 0.180 e. The first kappa shape index (κ1) is 19.5. The predicted octanol–water partition coefficient (Wildman–Crippen LogP) is 3.28. The number of piperazine rings is 1. The Labute approximate surface area is 179 Å². The van der Waals surface area contributed by atoms with Crippen molar-refractivity contribution in [3.05, 3.63) is 48.4 Å². The maximum absolute atomic E-state index is 15.2. The second-order valence-electron chi connectivity index (χ2n) is 7.55. The van der Waals surface area contributed by atoms with Gasteiger partial charge in [-0.2, -0.15) is 0 Å². The number of halogens is 1. The molecular weight excluding hydrogens is 397 g/mol. The molecule has 0 aliphatic carbocycles. The van der Waals surface area contributed by atoms with E-state index in [9.17, 15) is 0 Å². The van der Waals surface area contributed by atoms with Crippen LogP contribution in [0.15, 0.2) is 36.9 Å². The number of aryl methyl sites for hydroxylation is 1. The third-order valence-electron chi connectivity index (χ3n) is 5.36. The molecule has 2 N–H and O–H groups in total. The van der Waals surface area contributed by atoms with Gasteiger partial charge in [0, 0.05) is 50.3 Å². The molecule has 0 bridgehead atoms. The first-order valence-electron chi connectivity index (χ1n) is 10.4. The Kier molecular flexibility index (Phi) is 5.03. The zero-order valence-corrected chi connectivity index (χ0v) is 17.5. The minimum atomic E-state index is -0.348. The summed E-state index contributed by atoms with van der Waals surface area (Å²) < 4.78 is 22.9. The highest BCUT2D eigenvalue weighted by Gasteiger charge is 2.17. The van der Waals surface area contributed by atoms with Crippen LogP contribution in [0.25, 0.3) is 16.6 Å². The minimum absolute atomic E-state index is 0.348. The monoisotopic (exact) mass is 421 g/mol. The number of aromatic nitrogens is 4. The Balaban J connectivity index is 1.54. The number of benzene rings is 1. The van der Waals surface area contributed by atoms with Crippen LogP contribution in [0.4, 0.5) is 21.6 Å². The lowest BCUT2D eigenvalue weighted by atomic mass is 10.1. The van der Waals surface area contributed by atoms with Crippen molar-refractivity contribution in [2.24, 2.45) is 0 Å². The minimum Gasteiger partial charge on any atom is -0.490 e. The number of rotatable bonds is 5. The first-order valence-corrected chi connectivity index (χ1v) is 10.4. The van der Waals surface area contributed by atoms with Crippen molar-refractivity contribution in [2.45, 2.75) is 13.8 Å². The maximum atomic E-state index is 15.2. The molecule has 3 aromatic heterocycles. The molecule has 4 heterocycles. The summed E-state index contributed by atoms with van der Waals surface area (Å²) in [5, 5.41) is 6.92. The van der Waals surface area contributed by atoms with Crippen molar-refractivity contribution in [3.63, 3.8) is 0 Å². The summed E-state index contributed by atoms with van der Waals surface area (Å²) in [5.74, 6) is 0.715. The molecule has 160 valence electrons. The van der Waals surface area contributed by atoms with E-state index >= 15 is 4.39 Å². The van der Waals surface area contributed by atoms with Crippen LogP contribution >= 0.6 is 0 Å². The van der Waals surface area contributed by atoms with E-state index in [1.165, 1.54) is 6.33 Å². The SMILES string of the molecule is CCOc1cc(Nc2ncnc3cc(N4CCNCC4)cc(F)c23)cn2cc(C)nc12. The maximum Gasteiger partial charge on any atom is 0.180 e. The van der Waals surface area contributed by atoms with Crippen LogP contribution in [0.3, 0.4) is 0 Å². The van der Waals surface area contributed by atoms with Gasteiger partial charge in [-0.1, -0.05) is 0 Å². The van der Waals surface area contributed by atoms with Crippen molar-refractivity contribution < 1.29 is 9.13 Å². The van der Waals surface area contributed by atoms with E-state index < -0.39 is 0 Å². The van der Waals surface area contributed by atoms with Crippen molar-refractivity contribution in [2.75, 3.05) is 43.0 Å². The number of anilines is 3. The first-order chi connectivity index (χ1) is 15.1. The molecule has 5 rings (SSSR count). The molecule has 31 heavy (non-hydrogen) atoms. The Morgan fingerprint density at radius 3 is 2.81 bits per heavy atom. The lowest BCUT2D eigenvalue weighted by Crippen LogP contribution is -2.43. The largest absolute Gasteiger partial charge is 0.490 e. The van der Waals surface area contributed by atoms with Crippen molar-refractivity contribution in [1.29, 1.82) is 0 Å². The fourth-order valence-corrected chi connectivity index (χ4v) is 3.98. The summed E-state index contributed by atoms with van der Waals surface area (Å²) >= 11 is 0. The third kappa shape index (κ3) is 3.72. The van der Waals surface area contributed by atoms with Gasteiger partial charge in [0.1, 0.15) is 18.0 Å². The van der Waals surface area contributed by atoms with Gasteiger partial charge in [0.25, 0.3) is 0 Å². The Hall–Kier alpha value is -3.46. The van der Waals surface area contributed by atoms with E-state index in [2.05, 4.69) is 30.5 Å². The van der Waals surface area contributed by atoms with Crippen molar-refractivity contribution in [1.82, 2.24) is 24.7 Å². The third-order valence-corrected chi connectivity index (χ3v) is 5.36. The highest BCUT2D eigenvalue weighted by atomic mass is 19.1. The molecule has 0 amide bonds. The molecule has 9 heteroatoms. The quantitative estimate of drug-likeness (QED) is 0.512. The molecule has 1 aliphatic rings. The van der Waals surface area contributed by atoms with Crippen molar-refractivity contribution >= 4 is 33.7 Å². The van der Waals surface area contributed by atoms with E-state index in [4.69, 9.17) is 4.74 Å². The summed E-state index contributed by atoms with van der Waals surface area (Å²) in [6, 6.07) is 5.34. The number of ether oxygens (including phenoxy) is 1. The number of nitrogens with one attached hydrogen (secondary N) is 2. The average molecular weight is 421 g/mol. The van der Waals surface area contributed by atoms with Crippen LogP contribution in [0.5, 0.6) is 5.75 Å². The van der Waals surface area contributed by atoms with Crippen LogP contribution in [0.2, 0.25) is 0 Å². The molecule has 0 unspecified atom stereocenters. The average Bonchev–Trinajstić information content (AvgIpc) is 3.15. The number of hydrogen-bond donors (Lipinski definition) is 2. The van der Waals surface area contributed by atoms with Gasteiger partial charge in [0.05, 0.1) is 28.9 Å². The number of imidazole rings is 1. The number of fused-ring (bicyclic) bond motifs is 2. The Bertz CT molecular complexity index is 1250. The predicted molar refractivity (Wildman–Crippen MR) is 119 cm³/mol. The molecular formula is C22H24FN7O. The fraction of sp³-hybridized carbons (Fsp3) is 0.318.